The van der Waals surface area contributed by atoms with Crippen molar-refractivity contribution in [1.82, 2.24) is 10.3 Å². The van der Waals surface area contributed by atoms with Crippen molar-refractivity contribution < 1.29 is 4.79 Å². The first-order valence-corrected chi connectivity index (χ1v) is 8.32. The lowest BCUT2D eigenvalue weighted by Crippen LogP contribution is -2.48. The Kier molecular flexibility index (Phi) is 5.10. The van der Waals surface area contributed by atoms with Gasteiger partial charge < -0.3 is 11.1 Å². The van der Waals surface area contributed by atoms with E-state index in [9.17, 15) is 4.79 Å². The maximum absolute atomic E-state index is 12.6. The third kappa shape index (κ3) is 3.35. The minimum absolute atomic E-state index is 0.0300. The van der Waals surface area contributed by atoms with E-state index < -0.39 is 5.41 Å². The Balaban J connectivity index is 2.05. The molecule has 1 saturated carbocycles. The number of aromatic nitrogens is 1. The van der Waals surface area contributed by atoms with Gasteiger partial charge in [-0.2, -0.15) is 0 Å². The average Bonchev–Trinajstić information content (AvgIpc) is 2.68. The Bertz CT molecular complexity index is 490. The molecular weight excluding hydrogens is 290 g/mol. The van der Waals surface area contributed by atoms with Crippen LogP contribution in [-0.4, -0.2) is 15.9 Å². The average molecular weight is 311 g/mol. The van der Waals surface area contributed by atoms with Gasteiger partial charge in [0.15, 0.2) is 0 Å². The zero-order chi connectivity index (χ0) is 14.6. The molecule has 0 spiro atoms. The second-order valence-electron chi connectivity index (χ2n) is 5.40. The van der Waals surface area contributed by atoms with Gasteiger partial charge in [-0.05, 0) is 19.8 Å². The number of thiocarbonyl (C=S) groups is 1. The smallest absolute Gasteiger partial charge is 0.233 e. The Morgan fingerprint density at radius 2 is 2.10 bits per heavy atom. The van der Waals surface area contributed by atoms with Gasteiger partial charge >= 0.3 is 0 Å². The Hall–Kier alpha value is -1.01. The number of nitrogens with zero attached hydrogens (tertiary/aromatic N) is 1. The van der Waals surface area contributed by atoms with Crippen LogP contribution < -0.4 is 11.1 Å². The van der Waals surface area contributed by atoms with Gasteiger partial charge in [0.25, 0.3) is 0 Å². The quantitative estimate of drug-likeness (QED) is 0.662. The number of hydrogen-bond acceptors (Lipinski definition) is 4. The molecule has 3 N–H and O–H groups in total. The molecule has 0 aliphatic heterocycles. The van der Waals surface area contributed by atoms with Crippen molar-refractivity contribution >= 4 is 34.5 Å². The lowest BCUT2D eigenvalue weighted by molar-refractivity contribution is -0.128. The number of nitrogens with one attached hydrogen (secondary N) is 1. The van der Waals surface area contributed by atoms with E-state index in [1.165, 1.54) is 0 Å². The summed E-state index contributed by atoms with van der Waals surface area (Å²) < 4.78 is 0. The van der Waals surface area contributed by atoms with Crippen LogP contribution in [0.2, 0.25) is 0 Å². The van der Waals surface area contributed by atoms with Crippen molar-refractivity contribution in [3.63, 3.8) is 0 Å². The van der Waals surface area contributed by atoms with E-state index in [0.717, 1.165) is 49.2 Å². The summed E-state index contributed by atoms with van der Waals surface area (Å²) in [7, 11) is 0. The van der Waals surface area contributed by atoms with Crippen LogP contribution in [0.1, 0.15) is 49.2 Å². The standard InChI is InChI=1S/C14H21N3OS2/c1-10-17-11(9-20-10)8-16-13(18)14(12(15)19)6-4-2-3-5-7-14/h9H,2-8H2,1H3,(H2,15,19)(H,16,18). The van der Waals surface area contributed by atoms with E-state index in [1.54, 1.807) is 11.3 Å². The summed E-state index contributed by atoms with van der Waals surface area (Å²) in [5, 5.41) is 5.95. The molecule has 1 fully saturated rings. The van der Waals surface area contributed by atoms with Crippen molar-refractivity contribution in [3.05, 3.63) is 16.1 Å². The number of carbonyl (C=O) groups excluding carboxylic acids is 1. The van der Waals surface area contributed by atoms with Gasteiger partial charge in [0, 0.05) is 5.38 Å². The van der Waals surface area contributed by atoms with E-state index in [2.05, 4.69) is 10.3 Å². The molecule has 1 amide bonds. The first-order chi connectivity index (χ1) is 9.54. The molecule has 0 unspecified atom stereocenters. The molecule has 4 nitrogen and oxygen atoms in total. The summed E-state index contributed by atoms with van der Waals surface area (Å²) in [6.45, 7) is 2.41. The molecule has 1 aliphatic rings. The summed E-state index contributed by atoms with van der Waals surface area (Å²) in [6, 6.07) is 0. The molecule has 0 radical (unpaired) electrons. The van der Waals surface area contributed by atoms with Gasteiger partial charge in [-0.15, -0.1) is 11.3 Å². The van der Waals surface area contributed by atoms with Crippen molar-refractivity contribution in [1.29, 1.82) is 0 Å². The van der Waals surface area contributed by atoms with Crippen molar-refractivity contribution in [2.75, 3.05) is 0 Å². The maximum Gasteiger partial charge on any atom is 0.233 e. The third-order valence-electron chi connectivity index (χ3n) is 3.96. The Labute approximate surface area is 129 Å². The normalized spacial score (nSPS) is 18.2. The molecule has 1 aromatic heterocycles. The highest BCUT2D eigenvalue weighted by Crippen LogP contribution is 2.35. The Morgan fingerprint density at radius 1 is 1.45 bits per heavy atom. The van der Waals surface area contributed by atoms with Crippen LogP contribution in [0.15, 0.2) is 5.38 Å². The number of nitrogens with two attached hydrogens (primary N) is 1. The monoisotopic (exact) mass is 311 g/mol. The fourth-order valence-electron chi connectivity index (χ4n) is 2.75. The van der Waals surface area contributed by atoms with Crippen molar-refractivity contribution in [2.45, 2.75) is 52.0 Å². The van der Waals surface area contributed by atoms with Gasteiger partial charge in [-0.3, -0.25) is 4.79 Å². The predicted molar refractivity (Wildman–Crippen MR) is 85.6 cm³/mol. The van der Waals surface area contributed by atoms with Crippen LogP contribution >= 0.6 is 23.6 Å². The van der Waals surface area contributed by atoms with E-state index in [4.69, 9.17) is 18.0 Å². The highest BCUT2D eigenvalue weighted by molar-refractivity contribution is 7.80. The molecule has 1 heterocycles. The first kappa shape index (κ1) is 15.4. The molecule has 1 aromatic rings. The first-order valence-electron chi connectivity index (χ1n) is 7.04. The fraction of sp³-hybridized carbons (Fsp3) is 0.643. The van der Waals surface area contributed by atoms with Crippen LogP contribution in [0.4, 0.5) is 0 Å². The molecular formula is C14H21N3OS2. The largest absolute Gasteiger partial charge is 0.392 e. The van der Waals surface area contributed by atoms with Crippen LogP contribution in [0.3, 0.4) is 0 Å². The lowest BCUT2D eigenvalue weighted by atomic mass is 9.79. The molecule has 0 atom stereocenters. The fourth-order valence-corrected chi connectivity index (χ4v) is 3.66. The number of hydrogen-bond donors (Lipinski definition) is 2. The number of aryl methyl sites for hydroxylation is 1. The van der Waals surface area contributed by atoms with Gasteiger partial charge in [0.2, 0.25) is 5.91 Å². The molecule has 0 aromatic carbocycles. The van der Waals surface area contributed by atoms with E-state index in [0.29, 0.717) is 11.5 Å². The summed E-state index contributed by atoms with van der Waals surface area (Å²) in [4.78, 5) is 17.3. The zero-order valence-corrected chi connectivity index (χ0v) is 13.4. The molecule has 0 bridgehead atoms. The molecule has 1 aliphatic carbocycles. The summed E-state index contributed by atoms with van der Waals surface area (Å²) in [6.07, 6.45) is 5.88. The number of rotatable bonds is 4. The number of amides is 1. The van der Waals surface area contributed by atoms with Gasteiger partial charge in [0.05, 0.1) is 27.6 Å². The minimum Gasteiger partial charge on any atom is -0.392 e. The topological polar surface area (TPSA) is 68.0 Å². The van der Waals surface area contributed by atoms with Crippen LogP contribution in [0, 0.1) is 12.3 Å². The molecule has 6 heteroatoms. The maximum atomic E-state index is 12.6. The molecule has 20 heavy (non-hydrogen) atoms. The van der Waals surface area contributed by atoms with Gasteiger partial charge in [-0.25, -0.2) is 4.98 Å². The Morgan fingerprint density at radius 3 is 2.60 bits per heavy atom. The second kappa shape index (κ2) is 6.63. The SMILES string of the molecule is Cc1nc(CNC(=O)C2(C(N)=S)CCCCCC2)cs1. The lowest BCUT2D eigenvalue weighted by Gasteiger charge is -2.30. The predicted octanol–water partition coefficient (Wildman–Crippen LogP) is 2.69. The molecule has 0 saturated heterocycles. The van der Waals surface area contributed by atoms with Crippen molar-refractivity contribution in [2.24, 2.45) is 11.1 Å². The molecule has 2 rings (SSSR count). The minimum atomic E-state index is -0.656. The number of carbonyl (C=O) groups is 1. The van der Waals surface area contributed by atoms with Gasteiger partial charge in [0.1, 0.15) is 0 Å². The zero-order valence-electron chi connectivity index (χ0n) is 11.8. The van der Waals surface area contributed by atoms with E-state index in [1.807, 2.05) is 12.3 Å². The van der Waals surface area contributed by atoms with Crippen LogP contribution in [0.5, 0.6) is 0 Å². The summed E-state index contributed by atoms with van der Waals surface area (Å²) >= 11 is 6.79. The van der Waals surface area contributed by atoms with E-state index in [-0.39, 0.29) is 5.91 Å². The summed E-state index contributed by atoms with van der Waals surface area (Å²) in [5.74, 6) is -0.0300. The second-order valence-corrected chi connectivity index (χ2v) is 6.90. The number of thiazole rings is 1. The third-order valence-corrected chi connectivity index (χ3v) is 5.17. The van der Waals surface area contributed by atoms with Gasteiger partial charge in [-0.1, -0.05) is 37.9 Å². The molecule has 110 valence electrons. The van der Waals surface area contributed by atoms with E-state index >= 15 is 0 Å². The highest BCUT2D eigenvalue weighted by atomic mass is 32.1. The van der Waals surface area contributed by atoms with Crippen LogP contribution in [0.25, 0.3) is 0 Å². The van der Waals surface area contributed by atoms with Crippen LogP contribution in [-0.2, 0) is 11.3 Å². The van der Waals surface area contributed by atoms with Crippen molar-refractivity contribution in [3.8, 4) is 0 Å². The summed E-state index contributed by atoms with van der Waals surface area (Å²) in [5.41, 5.74) is 6.14. The highest BCUT2D eigenvalue weighted by Gasteiger charge is 2.41.